The Kier molecular flexibility index (Phi) is 4.91. The monoisotopic (exact) mass is 337 g/mol. The molecule has 0 saturated carbocycles. The third-order valence-corrected chi connectivity index (χ3v) is 4.32. The third-order valence-electron chi connectivity index (χ3n) is 3.56. The van der Waals surface area contributed by atoms with Crippen molar-refractivity contribution in [3.8, 4) is 11.3 Å². The Balaban J connectivity index is 1.69. The molecule has 0 atom stereocenters. The van der Waals surface area contributed by atoms with E-state index in [0.717, 1.165) is 27.6 Å². The molecule has 2 aromatic carbocycles. The van der Waals surface area contributed by atoms with E-state index in [1.165, 1.54) is 12.5 Å². The number of anilines is 2. The van der Waals surface area contributed by atoms with Crippen LogP contribution in [0.25, 0.3) is 11.3 Å². The van der Waals surface area contributed by atoms with Gasteiger partial charge in [-0.05, 0) is 30.2 Å². The molecule has 0 bridgehead atoms. The number of nitrogens with one attached hydrogen (secondary N) is 2. The average molecular weight is 337 g/mol. The average Bonchev–Trinajstić information content (AvgIpc) is 3.02. The number of nitrogens with zero attached hydrogens (tertiary/aromatic N) is 1. The van der Waals surface area contributed by atoms with Crippen molar-refractivity contribution in [2.45, 2.75) is 20.4 Å². The second-order valence-corrected chi connectivity index (χ2v) is 6.50. The van der Waals surface area contributed by atoms with Crippen LogP contribution in [0.3, 0.4) is 0 Å². The normalized spacial score (nSPS) is 10.4. The van der Waals surface area contributed by atoms with Gasteiger partial charge in [-0.15, -0.1) is 11.3 Å². The number of benzene rings is 2. The SMILES string of the molecule is CC(=O)NCc1ccc(-c2csc(Nc3cccc(C)c3)n2)cc1. The van der Waals surface area contributed by atoms with Crippen molar-refractivity contribution >= 4 is 28.1 Å². The zero-order valence-corrected chi connectivity index (χ0v) is 14.5. The van der Waals surface area contributed by atoms with Crippen LogP contribution in [0.5, 0.6) is 0 Å². The van der Waals surface area contributed by atoms with E-state index in [0.29, 0.717) is 6.54 Å². The topological polar surface area (TPSA) is 54.0 Å². The summed E-state index contributed by atoms with van der Waals surface area (Å²) in [6.45, 7) is 4.14. The molecule has 24 heavy (non-hydrogen) atoms. The van der Waals surface area contributed by atoms with Crippen molar-refractivity contribution in [3.05, 3.63) is 65.0 Å². The molecule has 4 nitrogen and oxygen atoms in total. The van der Waals surface area contributed by atoms with E-state index in [-0.39, 0.29) is 5.91 Å². The number of aryl methyl sites for hydroxylation is 1. The zero-order valence-electron chi connectivity index (χ0n) is 13.7. The van der Waals surface area contributed by atoms with E-state index in [1.807, 2.05) is 41.8 Å². The zero-order chi connectivity index (χ0) is 16.9. The highest BCUT2D eigenvalue weighted by Gasteiger charge is 2.05. The van der Waals surface area contributed by atoms with Crippen molar-refractivity contribution in [2.75, 3.05) is 5.32 Å². The summed E-state index contributed by atoms with van der Waals surface area (Å²) in [7, 11) is 0. The Morgan fingerprint density at radius 1 is 1.17 bits per heavy atom. The molecule has 1 heterocycles. The van der Waals surface area contributed by atoms with Crippen LogP contribution >= 0.6 is 11.3 Å². The summed E-state index contributed by atoms with van der Waals surface area (Å²) in [5, 5.41) is 9.05. The van der Waals surface area contributed by atoms with Crippen LogP contribution in [0.1, 0.15) is 18.1 Å². The molecule has 0 aliphatic heterocycles. The Morgan fingerprint density at radius 3 is 2.67 bits per heavy atom. The summed E-state index contributed by atoms with van der Waals surface area (Å²) in [5.41, 5.74) is 5.34. The van der Waals surface area contributed by atoms with E-state index >= 15 is 0 Å². The Hall–Kier alpha value is -2.66. The molecule has 3 rings (SSSR count). The van der Waals surface area contributed by atoms with Gasteiger partial charge in [0.25, 0.3) is 0 Å². The van der Waals surface area contributed by atoms with Crippen LogP contribution in [0.15, 0.2) is 53.9 Å². The highest BCUT2D eigenvalue weighted by Crippen LogP contribution is 2.27. The molecule has 122 valence electrons. The highest BCUT2D eigenvalue weighted by atomic mass is 32.1. The minimum absolute atomic E-state index is 0.0227. The first-order valence-electron chi connectivity index (χ1n) is 7.73. The second-order valence-electron chi connectivity index (χ2n) is 5.64. The van der Waals surface area contributed by atoms with Crippen LogP contribution < -0.4 is 10.6 Å². The van der Waals surface area contributed by atoms with Gasteiger partial charge in [0.2, 0.25) is 5.91 Å². The molecule has 0 fully saturated rings. The molecule has 1 aromatic heterocycles. The Morgan fingerprint density at radius 2 is 1.96 bits per heavy atom. The minimum atomic E-state index is -0.0227. The number of carbonyl (C=O) groups excluding carboxylic acids is 1. The van der Waals surface area contributed by atoms with Crippen molar-refractivity contribution < 1.29 is 4.79 Å². The number of carbonyl (C=O) groups is 1. The van der Waals surface area contributed by atoms with Gasteiger partial charge in [0, 0.05) is 30.1 Å². The van der Waals surface area contributed by atoms with Crippen LogP contribution in [-0.2, 0) is 11.3 Å². The first-order chi connectivity index (χ1) is 11.6. The predicted molar refractivity (Wildman–Crippen MR) is 99.5 cm³/mol. The summed E-state index contributed by atoms with van der Waals surface area (Å²) < 4.78 is 0. The van der Waals surface area contributed by atoms with Gasteiger partial charge in [-0.3, -0.25) is 4.79 Å². The number of aromatic nitrogens is 1. The quantitative estimate of drug-likeness (QED) is 0.721. The molecule has 0 radical (unpaired) electrons. The van der Waals surface area contributed by atoms with E-state index in [4.69, 9.17) is 0 Å². The van der Waals surface area contributed by atoms with Gasteiger partial charge in [0.1, 0.15) is 0 Å². The molecular formula is C19H19N3OS. The molecule has 0 saturated heterocycles. The van der Waals surface area contributed by atoms with Crippen LogP contribution in [0, 0.1) is 6.92 Å². The molecule has 1 amide bonds. The lowest BCUT2D eigenvalue weighted by Gasteiger charge is -2.04. The van der Waals surface area contributed by atoms with Gasteiger partial charge >= 0.3 is 0 Å². The maximum absolute atomic E-state index is 11.0. The van der Waals surface area contributed by atoms with Gasteiger partial charge in [0.15, 0.2) is 5.13 Å². The van der Waals surface area contributed by atoms with Gasteiger partial charge in [-0.25, -0.2) is 4.98 Å². The maximum atomic E-state index is 11.0. The van der Waals surface area contributed by atoms with Crippen molar-refractivity contribution in [1.82, 2.24) is 10.3 Å². The van der Waals surface area contributed by atoms with Crippen LogP contribution in [0.2, 0.25) is 0 Å². The minimum Gasteiger partial charge on any atom is -0.352 e. The van der Waals surface area contributed by atoms with Crippen LogP contribution in [0.4, 0.5) is 10.8 Å². The summed E-state index contributed by atoms with van der Waals surface area (Å²) in [6.07, 6.45) is 0. The number of hydrogen-bond acceptors (Lipinski definition) is 4. The van der Waals surface area contributed by atoms with E-state index in [2.05, 4.69) is 34.7 Å². The summed E-state index contributed by atoms with van der Waals surface area (Å²) in [5.74, 6) is -0.0227. The number of hydrogen-bond donors (Lipinski definition) is 2. The molecule has 3 aromatic rings. The first kappa shape index (κ1) is 16.2. The standard InChI is InChI=1S/C19H19N3OS/c1-13-4-3-5-17(10-13)21-19-22-18(12-24-19)16-8-6-15(7-9-16)11-20-14(2)23/h3-10,12H,11H2,1-2H3,(H,20,23)(H,21,22). The van der Waals surface area contributed by atoms with E-state index < -0.39 is 0 Å². The predicted octanol–water partition coefficient (Wildman–Crippen LogP) is 4.50. The summed E-state index contributed by atoms with van der Waals surface area (Å²) in [4.78, 5) is 15.6. The van der Waals surface area contributed by atoms with Crippen molar-refractivity contribution in [3.63, 3.8) is 0 Å². The molecule has 2 N–H and O–H groups in total. The van der Waals surface area contributed by atoms with Gasteiger partial charge in [0.05, 0.1) is 5.69 Å². The van der Waals surface area contributed by atoms with Crippen LogP contribution in [-0.4, -0.2) is 10.9 Å². The lowest BCUT2D eigenvalue weighted by Crippen LogP contribution is -2.18. The van der Waals surface area contributed by atoms with Gasteiger partial charge in [-0.1, -0.05) is 36.4 Å². The molecule has 0 aliphatic rings. The van der Waals surface area contributed by atoms with Gasteiger partial charge in [-0.2, -0.15) is 0 Å². The summed E-state index contributed by atoms with van der Waals surface area (Å²) in [6, 6.07) is 16.3. The Labute approximate surface area is 145 Å². The molecule has 0 aliphatic carbocycles. The number of thiazole rings is 1. The third kappa shape index (κ3) is 4.20. The largest absolute Gasteiger partial charge is 0.352 e. The van der Waals surface area contributed by atoms with E-state index in [1.54, 1.807) is 11.3 Å². The second kappa shape index (κ2) is 7.27. The molecular weight excluding hydrogens is 318 g/mol. The fourth-order valence-electron chi connectivity index (χ4n) is 2.33. The van der Waals surface area contributed by atoms with Crippen molar-refractivity contribution in [1.29, 1.82) is 0 Å². The molecule has 0 unspecified atom stereocenters. The van der Waals surface area contributed by atoms with Crippen molar-refractivity contribution in [2.24, 2.45) is 0 Å². The van der Waals surface area contributed by atoms with Gasteiger partial charge < -0.3 is 10.6 Å². The lowest BCUT2D eigenvalue weighted by molar-refractivity contribution is -0.119. The fourth-order valence-corrected chi connectivity index (χ4v) is 3.07. The fraction of sp³-hybridized carbons (Fsp3) is 0.158. The summed E-state index contributed by atoms with van der Waals surface area (Å²) >= 11 is 1.58. The number of rotatable bonds is 5. The Bertz CT molecular complexity index is 840. The van der Waals surface area contributed by atoms with E-state index in [9.17, 15) is 4.79 Å². The number of amides is 1. The lowest BCUT2D eigenvalue weighted by atomic mass is 10.1. The maximum Gasteiger partial charge on any atom is 0.217 e. The molecule has 0 spiro atoms. The smallest absolute Gasteiger partial charge is 0.217 e. The molecule has 5 heteroatoms. The first-order valence-corrected chi connectivity index (χ1v) is 8.61. The highest BCUT2D eigenvalue weighted by molar-refractivity contribution is 7.14.